The number of aliphatic imine (C=N–C) groups is 1. The molecule has 0 N–H and O–H groups in total. The minimum absolute atomic E-state index is 0.0146. The second-order valence-electron chi connectivity index (χ2n) is 7.66. The fourth-order valence-corrected chi connectivity index (χ4v) is 4.84. The fourth-order valence-electron chi connectivity index (χ4n) is 3.83. The average molecular weight is 446 g/mol. The maximum Gasteiger partial charge on any atom is 0.266 e. The molecule has 0 aliphatic carbocycles. The zero-order chi connectivity index (χ0) is 22.7. The van der Waals surface area contributed by atoms with Gasteiger partial charge < -0.3 is 9.30 Å². The van der Waals surface area contributed by atoms with Crippen molar-refractivity contribution in [2.75, 3.05) is 13.7 Å². The summed E-state index contributed by atoms with van der Waals surface area (Å²) in [6, 6.07) is 19.9. The van der Waals surface area contributed by atoms with Crippen LogP contribution in [0.5, 0.6) is 5.75 Å². The third kappa shape index (κ3) is 4.36. The summed E-state index contributed by atoms with van der Waals surface area (Å²) in [5.41, 5.74) is 5.15. The van der Waals surface area contributed by atoms with Crippen LogP contribution in [0, 0.1) is 13.8 Å². The third-order valence-corrected chi connectivity index (χ3v) is 6.41. The van der Waals surface area contributed by atoms with Gasteiger partial charge in [-0.2, -0.15) is 0 Å². The minimum Gasteiger partial charge on any atom is -0.497 e. The zero-order valence-electron chi connectivity index (χ0n) is 18.8. The first kappa shape index (κ1) is 22.0. The number of aryl methyl sites for hydroxylation is 1. The van der Waals surface area contributed by atoms with Crippen LogP contribution in [0.3, 0.4) is 0 Å². The molecule has 1 amide bonds. The second-order valence-corrected chi connectivity index (χ2v) is 8.67. The van der Waals surface area contributed by atoms with E-state index in [0.717, 1.165) is 45.7 Å². The highest BCUT2D eigenvalue weighted by atomic mass is 32.2. The summed E-state index contributed by atoms with van der Waals surface area (Å²) in [5, 5.41) is 0.735. The molecular weight excluding hydrogens is 418 g/mol. The van der Waals surface area contributed by atoms with Gasteiger partial charge in [0, 0.05) is 23.6 Å². The van der Waals surface area contributed by atoms with Gasteiger partial charge in [0.1, 0.15) is 5.75 Å². The Kier molecular flexibility index (Phi) is 6.51. The molecule has 164 valence electrons. The molecule has 1 aliphatic rings. The van der Waals surface area contributed by atoms with E-state index in [4.69, 9.17) is 9.73 Å². The van der Waals surface area contributed by atoms with Crippen molar-refractivity contribution in [3.8, 4) is 11.4 Å². The topological polar surface area (TPSA) is 46.8 Å². The van der Waals surface area contributed by atoms with Crippen LogP contribution in [0.25, 0.3) is 11.8 Å². The number of hydrogen-bond donors (Lipinski definition) is 0. The van der Waals surface area contributed by atoms with Gasteiger partial charge in [0.25, 0.3) is 5.91 Å². The van der Waals surface area contributed by atoms with Crippen LogP contribution in [0.15, 0.2) is 70.6 Å². The SMILES string of the molecule is CCCN1C(=O)/C(=C\c2cc(C)n(-c3ccc(OC)cc3)c2C)SC1=Nc1ccccc1. The molecule has 0 atom stereocenters. The van der Waals surface area contributed by atoms with Gasteiger partial charge in [-0.1, -0.05) is 25.1 Å². The largest absolute Gasteiger partial charge is 0.497 e. The summed E-state index contributed by atoms with van der Waals surface area (Å²) in [5.74, 6) is 0.841. The molecule has 0 unspecified atom stereocenters. The molecule has 0 bridgehead atoms. The summed E-state index contributed by atoms with van der Waals surface area (Å²) in [7, 11) is 1.67. The summed E-state index contributed by atoms with van der Waals surface area (Å²) in [4.78, 5) is 20.4. The Labute approximate surface area is 193 Å². The number of nitrogens with zero attached hydrogens (tertiary/aromatic N) is 3. The molecular formula is C26H27N3O2S. The first-order chi connectivity index (χ1) is 15.5. The van der Waals surface area contributed by atoms with Gasteiger partial charge in [0.05, 0.1) is 17.7 Å². The Morgan fingerprint density at radius 2 is 1.78 bits per heavy atom. The Balaban J connectivity index is 1.69. The number of rotatable bonds is 6. The van der Waals surface area contributed by atoms with Crippen molar-refractivity contribution >= 4 is 34.6 Å². The van der Waals surface area contributed by atoms with E-state index < -0.39 is 0 Å². The van der Waals surface area contributed by atoms with E-state index in [1.165, 1.54) is 11.8 Å². The van der Waals surface area contributed by atoms with Gasteiger partial charge in [0.2, 0.25) is 0 Å². The number of amides is 1. The minimum atomic E-state index is 0.0146. The molecule has 1 fully saturated rings. The molecule has 5 nitrogen and oxygen atoms in total. The van der Waals surface area contributed by atoms with E-state index in [1.807, 2.05) is 60.7 Å². The highest BCUT2D eigenvalue weighted by molar-refractivity contribution is 8.18. The number of thioether (sulfide) groups is 1. The predicted molar refractivity (Wildman–Crippen MR) is 133 cm³/mol. The molecule has 3 aromatic rings. The van der Waals surface area contributed by atoms with Gasteiger partial charge in [-0.25, -0.2) is 4.99 Å². The number of benzene rings is 2. The van der Waals surface area contributed by atoms with Crippen molar-refractivity contribution in [3.63, 3.8) is 0 Å². The first-order valence-electron chi connectivity index (χ1n) is 10.7. The van der Waals surface area contributed by atoms with E-state index >= 15 is 0 Å². The lowest BCUT2D eigenvalue weighted by Gasteiger charge is -2.13. The molecule has 6 heteroatoms. The van der Waals surface area contributed by atoms with E-state index in [2.05, 4.69) is 31.4 Å². The van der Waals surface area contributed by atoms with Crippen molar-refractivity contribution in [1.29, 1.82) is 0 Å². The van der Waals surface area contributed by atoms with Crippen LogP contribution >= 0.6 is 11.8 Å². The van der Waals surface area contributed by atoms with Crippen LogP contribution in [0.4, 0.5) is 5.69 Å². The second kappa shape index (κ2) is 9.49. The number of para-hydroxylation sites is 1. The van der Waals surface area contributed by atoms with Crippen LogP contribution in [-0.4, -0.2) is 34.2 Å². The fraction of sp³-hybridized carbons (Fsp3) is 0.231. The molecule has 1 saturated heterocycles. The van der Waals surface area contributed by atoms with Gasteiger partial charge in [-0.05, 0) is 86.1 Å². The number of aromatic nitrogens is 1. The molecule has 2 aromatic carbocycles. The molecule has 0 saturated carbocycles. The maximum absolute atomic E-state index is 13.2. The summed E-state index contributed by atoms with van der Waals surface area (Å²) in [6.07, 6.45) is 2.87. The molecule has 1 aliphatic heterocycles. The Bertz CT molecular complexity index is 1180. The van der Waals surface area contributed by atoms with Gasteiger partial charge >= 0.3 is 0 Å². The highest BCUT2D eigenvalue weighted by Gasteiger charge is 2.33. The molecule has 4 rings (SSSR count). The standard InChI is InChI=1S/C26H27N3O2S/c1-5-15-28-25(30)24(32-26(28)27-21-9-7-6-8-10-21)17-20-16-18(2)29(19(20)3)22-11-13-23(31-4)14-12-22/h6-14,16-17H,5,15H2,1-4H3/b24-17+,27-26?. The maximum atomic E-state index is 13.2. The van der Waals surface area contributed by atoms with Crippen molar-refractivity contribution in [1.82, 2.24) is 9.47 Å². The number of carbonyl (C=O) groups is 1. The summed E-state index contributed by atoms with van der Waals surface area (Å²) < 4.78 is 7.47. The quantitative estimate of drug-likeness (QED) is 0.430. The molecule has 0 spiro atoms. The Hall–Kier alpha value is -3.25. The van der Waals surface area contributed by atoms with Crippen molar-refractivity contribution in [3.05, 3.63) is 82.5 Å². The lowest BCUT2D eigenvalue weighted by atomic mass is 10.2. The number of carbonyl (C=O) groups excluding carboxylic acids is 1. The smallest absolute Gasteiger partial charge is 0.266 e. The van der Waals surface area contributed by atoms with E-state index in [9.17, 15) is 4.79 Å². The first-order valence-corrected chi connectivity index (χ1v) is 11.5. The van der Waals surface area contributed by atoms with Crippen molar-refractivity contribution in [2.45, 2.75) is 27.2 Å². The van der Waals surface area contributed by atoms with E-state index in [1.54, 1.807) is 12.0 Å². The van der Waals surface area contributed by atoms with Crippen molar-refractivity contribution in [2.24, 2.45) is 4.99 Å². The number of methoxy groups -OCH3 is 1. The Morgan fingerprint density at radius 1 is 1.06 bits per heavy atom. The molecule has 0 radical (unpaired) electrons. The van der Waals surface area contributed by atoms with E-state index in [-0.39, 0.29) is 5.91 Å². The monoisotopic (exact) mass is 445 g/mol. The van der Waals surface area contributed by atoms with E-state index in [0.29, 0.717) is 11.4 Å². The number of amidine groups is 1. The zero-order valence-corrected chi connectivity index (χ0v) is 19.6. The normalized spacial score (nSPS) is 16.4. The third-order valence-electron chi connectivity index (χ3n) is 5.40. The van der Waals surface area contributed by atoms with Crippen LogP contribution in [0.1, 0.15) is 30.3 Å². The van der Waals surface area contributed by atoms with Gasteiger partial charge in [-0.15, -0.1) is 0 Å². The van der Waals surface area contributed by atoms with Crippen LogP contribution in [-0.2, 0) is 4.79 Å². The summed E-state index contributed by atoms with van der Waals surface area (Å²) >= 11 is 1.44. The lowest BCUT2D eigenvalue weighted by Crippen LogP contribution is -2.29. The molecule has 32 heavy (non-hydrogen) atoms. The van der Waals surface area contributed by atoms with Gasteiger partial charge in [-0.3, -0.25) is 9.69 Å². The number of hydrogen-bond acceptors (Lipinski definition) is 4. The average Bonchev–Trinajstić information content (AvgIpc) is 3.25. The van der Waals surface area contributed by atoms with Crippen molar-refractivity contribution < 1.29 is 9.53 Å². The summed E-state index contributed by atoms with van der Waals surface area (Å²) in [6.45, 7) is 6.88. The van der Waals surface area contributed by atoms with Gasteiger partial charge in [0.15, 0.2) is 5.17 Å². The molecule has 1 aromatic heterocycles. The predicted octanol–water partition coefficient (Wildman–Crippen LogP) is 6.12. The van der Waals surface area contributed by atoms with Crippen LogP contribution in [0.2, 0.25) is 0 Å². The Morgan fingerprint density at radius 3 is 2.44 bits per heavy atom. The molecule has 2 heterocycles. The lowest BCUT2D eigenvalue weighted by molar-refractivity contribution is -0.122. The highest BCUT2D eigenvalue weighted by Crippen LogP contribution is 2.35. The number of ether oxygens (including phenoxy) is 1. The van der Waals surface area contributed by atoms with Crippen LogP contribution < -0.4 is 4.74 Å².